The summed E-state index contributed by atoms with van der Waals surface area (Å²) < 4.78 is 14.9. The summed E-state index contributed by atoms with van der Waals surface area (Å²) in [5.41, 5.74) is 2.53. The van der Waals surface area contributed by atoms with Gasteiger partial charge in [0.2, 0.25) is 0 Å². The summed E-state index contributed by atoms with van der Waals surface area (Å²) in [7, 11) is 0. The van der Waals surface area contributed by atoms with Crippen molar-refractivity contribution in [1.29, 1.82) is 0 Å². The molecule has 0 radical (unpaired) electrons. The van der Waals surface area contributed by atoms with Crippen LogP contribution in [0.15, 0.2) is 60.8 Å². The summed E-state index contributed by atoms with van der Waals surface area (Å²) in [4.78, 5) is 12.2. The van der Waals surface area contributed by atoms with Gasteiger partial charge in [-0.2, -0.15) is 5.10 Å². The van der Waals surface area contributed by atoms with E-state index in [1.165, 1.54) is 23.8 Å². The molecule has 4 nitrogen and oxygen atoms in total. The maximum Gasteiger partial charge on any atom is 0.256 e. The van der Waals surface area contributed by atoms with Gasteiger partial charge in [-0.3, -0.25) is 4.79 Å². The third-order valence-electron chi connectivity index (χ3n) is 3.46. The lowest BCUT2D eigenvalue weighted by atomic mass is 10.1. The van der Waals surface area contributed by atoms with Crippen LogP contribution in [0.3, 0.4) is 0 Å². The fourth-order valence-electron chi connectivity index (χ4n) is 2.37. The molecule has 1 N–H and O–H groups in total. The first-order valence-corrected chi connectivity index (χ1v) is 7.26. The number of aryl methyl sites for hydroxylation is 1. The molecule has 1 aromatic heterocycles. The van der Waals surface area contributed by atoms with E-state index >= 15 is 0 Å². The topological polar surface area (TPSA) is 46.9 Å². The van der Waals surface area contributed by atoms with Crippen LogP contribution in [-0.2, 0) is 6.54 Å². The average Bonchev–Trinajstić information content (AvgIpc) is 2.94. The van der Waals surface area contributed by atoms with Crippen LogP contribution in [0.5, 0.6) is 0 Å². The number of carbonyl (C=O) groups excluding carboxylic acids is 1. The summed E-state index contributed by atoms with van der Waals surface area (Å²) in [6.45, 7) is 2.58. The summed E-state index contributed by atoms with van der Waals surface area (Å²) in [6.07, 6.45) is 1.62. The van der Waals surface area contributed by atoms with E-state index in [-0.39, 0.29) is 11.5 Å². The van der Waals surface area contributed by atoms with E-state index in [0.717, 1.165) is 5.56 Å². The molecule has 0 unspecified atom stereocenters. The number of amides is 1. The van der Waals surface area contributed by atoms with Gasteiger partial charge in [0.15, 0.2) is 0 Å². The Morgan fingerprint density at radius 2 is 2.00 bits per heavy atom. The largest absolute Gasteiger partial charge is 0.307 e. The molecule has 2 aromatic carbocycles. The highest BCUT2D eigenvalue weighted by molar-refractivity contribution is 6.03. The fraction of sp³-hybridized carbons (Fsp3) is 0.111. The monoisotopic (exact) mass is 309 g/mol. The third-order valence-corrected chi connectivity index (χ3v) is 3.46. The zero-order valence-corrected chi connectivity index (χ0v) is 12.7. The molecule has 0 spiro atoms. The molecule has 1 heterocycles. The predicted molar refractivity (Wildman–Crippen MR) is 86.9 cm³/mol. The van der Waals surface area contributed by atoms with Gasteiger partial charge in [-0.05, 0) is 30.7 Å². The second-order valence-electron chi connectivity index (χ2n) is 5.33. The van der Waals surface area contributed by atoms with E-state index in [4.69, 9.17) is 0 Å². The molecule has 3 rings (SSSR count). The maximum absolute atomic E-state index is 13.2. The van der Waals surface area contributed by atoms with Crippen LogP contribution in [0.25, 0.3) is 0 Å². The van der Waals surface area contributed by atoms with Crippen molar-refractivity contribution in [3.05, 3.63) is 83.3 Å². The first kappa shape index (κ1) is 15.0. The molecule has 0 saturated carbocycles. The molecular formula is C18H16FN3O. The fourth-order valence-corrected chi connectivity index (χ4v) is 2.37. The minimum Gasteiger partial charge on any atom is -0.307 e. The van der Waals surface area contributed by atoms with Crippen LogP contribution in [-0.4, -0.2) is 15.7 Å². The second kappa shape index (κ2) is 6.44. The first-order valence-electron chi connectivity index (χ1n) is 7.26. The van der Waals surface area contributed by atoms with Crippen molar-refractivity contribution in [3.8, 4) is 0 Å². The molecule has 0 bridgehead atoms. The standard InChI is InChI=1S/C18H16FN3O/c1-13-4-2-5-14(10-13)12-22-17(8-9-20-22)21-18(23)15-6-3-7-16(19)11-15/h2-11H,12H2,1H3,(H,21,23). The number of nitrogens with zero attached hydrogens (tertiary/aromatic N) is 2. The molecule has 1 amide bonds. The third kappa shape index (κ3) is 3.63. The van der Waals surface area contributed by atoms with E-state index < -0.39 is 5.82 Å². The van der Waals surface area contributed by atoms with Gasteiger partial charge in [0.1, 0.15) is 11.6 Å². The number of halogens is 1. The molecule has 0 saturated heterocycles. The number of carbonyl (C=O) groups is 1. The van der Waals surface area contributed by atoms with Crippen molar-refractivity contribution in [2.45, 2.75) is 13.5 Å². The highest BCUT2D eigenvalue weighted by Crippen LogP contribution is 2.13. The van der Waals surface area contributed by atoms with Crippen LogP contribution < -0.4 is 5.32 Å². The molecule has 3 aromatic rings. The SMILES string of the molecule is Cc1cccc(Cn2nccc2NC(=O)c2cccc(F)c2)c1. The Kier molecular flexibility index (Phi) is 4.19. The Hall–Kier alpha value is -2.95. The van der Waals surface area contributed by atoms with Crippen LogP contribution in [0.4, 0.5) is 10.2 Å². The molecule has 0 atom stereocenters. The van der Waals surface area contributed by atoms with Gasteiger partial charge >= 0.3 is 0 Å². The van der Waals surface area contributed by atoms with E-state index in [1.807, 2.05) is 25.1 Å². The van der Waals surface area contributed by atoms with Gasteiger partial charge in [0.25, 0.3) is 5.91 Å². The minimum atomic E-state index is -0.439. The maximum atomic E-state index is 13.2. The van der Waals surface area contributed by atoms with Crippen molar-refractivity contribution in [3.63, 3.8) is 0 Å². The molecule has 116 valence electrons. The molecule has 0 fully saturated rings. The van der Waals surface area contributed by atoms with Crippen LogP contribution in [0.2, 0.25) is 0 Å². The zero-order chi connectivity index (χ0) is 16.2. The van der Waals surface area contributed by atoms with Gasteiger partial charge in [-0.25, -0.2) is 9.07 Å². The van der Waals surface area contributed by atoms with Crippen molar-refractivity contribution in [1.82, 2.24) is 9.78 Å². The summed E-state index contributed by atoms with van der Waals surface area (Å²) in [6, 6.07) is 15.4. The summed E-state index contributed by atoms with van der Waals surface area (Å²) in [5, 5.41) is 7.00. The minimum absolute atomic E-state index is 0.272. The lowest BCUT2D eigenvalue weighted by Crippen LogP contribution is -2.16. The Morgan fingerprint density at radius 3 is 2.78 bits per heavy atom. The van der Waals surface area contributed by atoms with E-state index in [1.54, 1.807) is 23.0 Å². The number of aromatic nitrogens is 2. The molecule has 23 heavy (non-hydrogen) atoms. The molecule has 0 aliphatic rings. The predicted octanol–water partition coefficient (Wildman–Crippen LogP) is 3.63. The Bertz CT molecular complexity index is 842. The van der Waals surface area contributed by atoms with Crippen molar-refractivity contribution in [2.24, 2.45) is 0 Å². The van der Waals surface area contributed by atoms with Gasteiger partial charge in [-0.1, -0.05) is 35.9 Å². The van der Waals surface area contributed by atoms with E-state index in [0.29, 0.717) is 12.4 Å². The number of rotatable bonds is 4. The highest BCUT2D eigenvalue weighted by atomic mass is 19.1. The first-order chi connectivity index (χ1) is 11.1. The van der Waals surface area contributed by atoms with E-state index in [2.05, 4.69) is 16.5 Å². The van der Waals surface area contributed by atoms with Gasteiger partial charge < -0.3 is 5.32 Å². The molecule has 0 aliphatic heterocycles. The Balaban J connectivity index is 1.77. The second-order valence-corrected chi connectivity index (χ2v) is 5.33. The Labute approximate surface area is 133 Å². The average molecular weight is 309 g/mol. The van der Waals surface area contributed by atoms with Gasteiger partial charge in [0.05, 0.1) is 12.7 Å². The van der Waals surface area contributed by atoms with Crippen LogP contribution in [0, 0.1) is 12.7 Å². The summed E-state index contributed by atoms with van der Waals surface area (Å²) >= 11 is 0. The number of anilines is 1. The van der Waals surface area contributed by atoms with Crippen molar-refractivity contribution < 1.29 is 9.18 Å². The normalized spacial score (nSPS) is 10.5. The van der Waals surface area contributed by atoms with E-state index in [9.17, 15) is 9.18 Å². The molecule has 5 heteroatoms. The lowest BCUT2D eigenvalue weighted by molar-refractivity contribution is 0.102. The quantitative estimate of drug-likeness (QED) is 0.800. The lowest BCUT2D eigenvalue weighted by Gasteiger charge is -2.10. The number of hydrogen-bond acceptors (Lipinski definition) is 2. The number of nitrogens with one attached hydrogen (secondary N) is 1. The molecule has 0 aliphatic carbocycles. The number of hydrogen-bond donors (Lipinski definition) is 1. The smallest absolute Gasteiger partial charge is 0.256 e. The number of benzene rings is 2. The van der Waals surface area contributed by atoms with Gasteiger partial charge in [0, 0.05) is 11.6 Å². The zero-order valence-electron chi connectivity index (χ0n) is 12.7. The van der Waals surface area contributed by atoms with Crippen LogP contribution >= 0.6 is 0 Å². The summed E-state index contributed by atoms with van der Waals surface area (Å²) in [5.74, 6) is -0.234. The Morgan fingerprint density at radius 1 is 1.17 bits per heavy atom. The van der Waals surface area contributed by atoms with Crippen molar-refractivity contribution >= 4 is 11.7 Å². The van der Waals surface area contributed by atoms with Crippen LogP contribution in [0.1, 0.15) is 21.5 Å². The van der Waals surface area contributed by atoms with Crippen molar-refractivity contribution in [2.75, 3.05) is 5.32 Å². The molecular weight excluding hydrogens is 293 g/mol. The van der Waals surface area contributed by atoms with Gasteiger partial charge in [-0.15, -0.1) is 0 Å². The highest BCUT2D eigenvalue weighted by Gasteiger charge is 2.10.